The Labute approximate surface area is 167 Å². The minimum absolute atomic E-state index is 0.0736. The van der Waals surface area contributed by atoms with Gasteiger partial charge in [-0.25, -0.2) is 4.39 Å². The first-order chi connectivity index (χ1) is 12.7. The van der Waals surface area contributed by atoms with E-state index in [0.717, 1.165) is 5.56 Å². The number of ether oxygens (including phenoxy) is 1. The molecule has 0 bridgehead atoms. The highest BCUT2D eigenvalue weighted by atomic mass is 35.5. The van der Waals surface area contributed by atoms with Crippen LogP contribution in [0.1, 0.15) is 43.7 Å². The van der Waals surface area contributed by atoms with E-state index in [1.54, 1.807) is 18.2 Å². The fourth-order valence-electron chi connectivity index (χ4n) is 4.18. The molecule has 1 saturated heterocycles. The molecule has 4 nitrogen and oxygen atoms in total. The van der Waals surface area contributed by atoms with Crippen LogP contribution >= 0.6 is 23.8 Å². The minimum Gasteiger partial charge on any atom is -0.506 e. The highest BCUT2D eigenvalue weighted by molar-refractivity contribution is 7.80. The molecule has 2 aromatic rings. The van der Waals surface area contributed by atoms with Gasteiger partial charge in [-0.2, -0.15) is 0 Å². The van der Waals surface area contributed by atoms with E-state index in [1.165, 1.54) is 12.1 Å². The summed E-state index contributed by atoms with van der Waals surface area (Å²) < 4.78 is 21.0. The molecule has 0 aromatic heterocycles. The molecule has 4 rings (SSSR count). The number of hydrogen-bond donors (Lipinski definition) is 3. The van der Waals surface area contributed by atoms with Crippen molar-refractivity contribution >= 4 is 28.9 Å². The highest BCUT2D eigenvalue weighted by Gasteiger charge is 2.49. The van der Waals surface area contributed by atoms with Crippen LogP contribution in [0.4, 0.5) is 4.39 Å². The van der Waals surface area contributed by atoms with E-state index in [9.17, 15) is 9.50 Å². The number of rotatable bonds is 1. The third-order valence-corrected chi connectivity index (χ3v) is 5.60. The maximum Gasteiger partial charge on any atom is 0.185 e. The molecule has 1 fully saturated rings. The first-order valence-electron chi connectivity index (χ1n) is 8.74. The molecule has 27 heavy (non-hydrogen) atoms. The van der Waals surface area contributed by atoms with Crippen molar-refractivity contribution in [1.29, 1.82) is 0 Å². The Bertz CT molecular complexity index is 936. The predicted molar refractivity (Wildman–Crippen MR) is 107 cm³/mol. The highest BCUT2D eigenvalue weighted by Crippen LogP contribution is 2.49. The van der Waals surface area contributed by atoms with Gasteiger partial charge in [-0.3, -0.25) is 0 Å². The van der Waals surface area contributed by atoms with Gasteiger partial charge in [0.25, 0.3) is 0 Å². The number of thiocarbonyl (C=S) groups is 1. The third-order valence-electron chi connectivity index (χ3n) is 5.10. The molecule has 0 saturated carbocycles. The maximum absolute atomic E-state index is 14.7. The number of benzene rings is 2. The van der Waals surface area contributed by atoms with E-state index < -0.39 is 5.72 Å². The van der Waals surface area contributed by atoms with Crippen molar-refractivity contribution < 1.29 is 14.2 Å². The summed E-state index contributed by atoms with van der Waals surface area (Å²) in [4.78, 5) is 0. The molecular weight excluding hydrogens is 387 g/mol. The lowest BCUT2D eigenvalue weighted by atomic mass is 9.77. The second-order valence-corrected chi connectivity index (χ2v) is 8.67. The second kappa shape index (κ2) is 6.24. The standard InChI is InChI=1S/C20H20ClFN2O2S/c1-19(2)10-20(24-18(27)23-19)9-13(11-5-3-4-6-15(11)22)12-7-14(21)16(25)8-17(12)26-20/h3-8,13,25H,9-10H2,1-2H3,(H2,23,24,27)/t13-,20-/m1/s1. The van der Waals surface area contributed by atoms with Crippen molar-refractivity contribution in [1.82, 2.24) is 10.6 Å². The number of aromatic hydroxyl groups is 1. The van der Waals surface area contributed by atoms with Crippen molar-refractivity contribution in [3.63, 3.8) is 0 Å². The summed E-state index contributed by atoms with van der Waals surface area (Å²) in [6.45, 7) is 4.08. The van der Waals surface area contributed by atoms with Crippen molar-refractivity contribution in [3.05, 3.63) is 58.4 Å². The molecule has 1 spiro atoms. The van der Waals surface area contributed by atoms with Crippen molar-refractivity contribution in [3.8, 4) is 11.5 Å². The third kappa shape index (κ3) is 3.32. The van der Waals surface area contributed by atoms with Crippen LogP contribution in [0.25, 0.3) is 0 Å². The van der Waals surface area contributed by atoms with Crippen LogP contribution in [0.5, 0.6) is 11.5 Å². The summed E-state index contributed by atoms with van der Waals surface area (Å²) in [6, 6.07) is 9.84. The van der Waals surface area contributed by atoms with Crippen LogP contribution < -0.4 is 15.4 Å². The summed E-state index contributed by atoms with van der Waals surface area (Å²) in [5.74, 6) is -0.178. The molecule has 3 N–H and O–H groups in total. The predicted octanol–water partition coefficient (Wildman–Crippen LogP) is 4.44. The lowest BCUT2D eigenvalue weighted by molar-refractivity contribution is -0.0130. The zero-order valence-electron chi connectivity index (χ0n) is 15.0. The van der Waals surface area contributed by atoms with E-state index in [-0.39, 0.29) is 28.0 Å². The molecular formula is C20H20ClFN2O2S. The van der Waals surface area contributed by atoms with E-state index in [1.807, 2.05) is 19.9 Å². The van der Waals surface area contributed by atoms with Crippen LogP contribution in [-0.4, -0.2) is 21.5 Å². The monoisotopic (exact) mass is 406 g/mol. The molecule has 142 valence electrons. The SMILES string of the molecule is CC1(C)C[C@]2(C[C@H](c3ccccc3F)c3cc(Cl)c(O)cc3O2)NC(=S)N1. The summed E-state index contributed by atoms with van der Waals surface area (Å²) in [5, 5.41) is 17.3. The summed E-state index contributed by atoms with van der Waals surface area (Å²) in [7, 11) is 0. The Kier molecular flexibility index (Phi) is 4.24. The largest absolute Gasteiger partial charge is 0.506 e. The van der Waals surface area contributed by atoms with Crippen molar-refractivity contribution in [2.45, 2.75) is 43.9 Å². The number of phenols is 1. The van der Waals surface area contributed by atoms with Gasteiger partial charge in [0.15, 0.2) is 10.8 Å². The molecule has 0 radical (unpaired) electrons. The van der Waals surface area contributed by atoms with Crippen LogP contribution in [0.2, 0.25) is 5.02 Å². The smallest absolute Gasteiger partial charge is 0.185 e. The van der Waals surface area contributed by atoms with Gasteiger partial charge >= 0.3 is 0 Å². The molecule has 0 unspecified atom stereocenters. The Balaban J connectivity index is 1.87. The lowest BCUT2D eigenvalue weighted by Gasteiger charge is -2.50. The molecule has 0 aliphatic carbocycles. The molecule has 2 aromatic carbocycles. The molecule has 2 aliphatic heterocycles. The summed E-state index contributed by atoms with van der Waals surface area (Å²) >= 11 is 11.5. The van der Waals surface area contributed by atoms with Gasteiger partial charge in [-0.1, -0.05) is 29.8 Å². The van der Waals surface area contributed by atoms with Crippen molar-refractivity contribution in [2.24, 2.45) is 0 Å². The van der Waals surface area contributed by atoms with E-state index in [0.29, 0.717) is 29.3 Å². The first-order valence-corrected chi connectivity index (χ1v) is 9.53. The zero-order valence-corrected chi connectivity index (χ0v) is 16.5. The first kappa shape index (κ1) is 18.3. The van der Waals surface area contributed by atoms with Gasteiger partial charge < -0.3 is 20.5 Å². The summed E-state index contributed by atoms with van der Waals surface area (Å²) in [6.07, 6.45) is 1.08. The minimum atomic E-state index is -0.813. The normalized spacial score (nSPS) is 25.9. The Hall–Kier alpha value is -2.05. The number of hydrogen-bond acceptors (Lipinski definition) is 3. The summed E-state index contributed by atoms with van der Waals surface area (Å²) in [5.41, 5.74) is 0.199. The Morgan fingerprint density at radius 1 is 1.22 bits per heavy atom. The van der Waals surface area contributed by atoms with Crippen LogP contribution in [0, 0.1) is 5.82 Å². The molecule has 2 atom stereocenters. The topological polar surface area (TPSA) is 53.5 Å². The average molecular weight is 407 g/mol. The van der Waals surface area contributed by atoms with Gasteiger partial charge in [-0.15, -0.1) is 0 Å². The molecule has 2 heterocycles. The van der Waals surface area contributed by atoms with E-state index in [2.05, 4.69) is 10.6 Å². The van der Waals surface area contributed by atoms with Crippen LogP contribution in [0.15, 0.2) is 36.4 Å². The Morgan fingerprint density at radius 2 is 1.96 bits per heavy atom. The second-order valence-electron chi connectivity index (χ2n) is 7.86. The van der Waals surface area contributed by atoms with Crippen LogP contribution in [0.3, 0.4) is 0 Å². The van der Waals surface area contributed by atoms with Gasteiger partial charge in [-0.05, 0) is 43.8 Å². The number of phenolic OH excluding ortho intramolecular Hbond substituents is 1. The van der Waals surface area contributed by atoms with Gasteiger partial charge in [0.2, 0.25) is 0 Å². The van der Waals surface area contributed by atoms with Gasteiger partial charge in [0, 0.05) is 35.9 Å². The zero-order chi connectivity index (χ0) is 19.4. The fourth-order valence-corrected chi connectivity index (χ4v) is 4.81. The van der Waals surface area contributed by atoms with Gasteiger partial charge in [0.05, 0.1) is 5.02 Å². The Morgan fingerprint density at radius 3 is 2.67 bits per heavy atom. The number of nitrogens with one attached hydrogen (secondary N) is 2. The average Bonchev–Trinajstić information content (AvgIpc) is 2.54. The van der Waals surface area contributed by atoms with Gasteiger partial charge in [0.1, 0.15) is 17.3 Å². The van der Waals surface area contributed by atoms with E-state index in [4.69, 9.17) is 28.6 Å². The quantitative estimate of drug-likeness (QED) is 0.611. The molecule has 2 aliphatic rings. The maximum atomic E-state index is 14.7. The van der Waals surface area contributed by atoms with Crippen molar-refractivity contribution in [2.75, 3.05) is 0 Å². The number of fused-ring (bicyclic) bond motifs is 1. The fraction of sp³-hybridized carbons (Fsp3) is 0.350. The molecule has 7 heteroatoms. The van der Waals surface area contributed by atoms with Crippen LogP contribution in [-0.2, 0) is 0 Å². The molecule has 0 amide bonds. The lowest BCUT2D eigenvalue weighted by Crippen LogP contribution is -2.69. The number of halogens is 2. The van der Waals surface area contributed by atoms with E-state index >= 15 is 0 Å².